The van der Waals surface area contributed by atoms with Gasteiger partial charge in [-0.2, -0.15) is 5.10 Å². The molecule has 3 rings (SSSR count). The van der Waals surface area contributed by atoms with Crippen molar-refractivity contribution in [1.29, 1.82) is 0 Å². The van der Waals surface area contributed by atoms with Gasteiger partial charge in [-0.3, -0.25) is 9.67 Å². The molecule has 0 aliphatic carbocycles. The third-order valence-corrected chi connectivity index (χ3v) is 5.07. The topological polar surface area (TPSA) is 45.5 Å². The molecule has 1 atom stereocenters. The molecule has 1 aromatic carbocycles. The fraction of sp³-hybridized carbons (Fsp3) is 0.500. The molecule has 1 aliphatic rings. The summed E-state index contributed by atoms with van der Waals surface area (Å²) in [6.07, 6.45) is 7.34. The van der Waals surface area contributed by atoms with E-state index in [1.165, 1.54) is 11.1 Å². The Bertz CT molecular complexity index is 722. The zero-order chi connectivity index (χ0) is 18.4. The van der Waals surface area contributed by atoms with E-state index in [0.717, 1.165) is 56.4 Å². The van der Waals surface area contributed by atoms with Gasteiger partial charge in [0.15, 0.2) is 5.96 Å². The number of aromatic nitrogens is 2. The molecular formula is C20H28ClN5. The van der Waals surface area contributed by atoms with Gasteiger partial charge in [-0.1, -0.05) is 23.7 Å². The molecule has 2 heterocycles. The molecule has 1 N–H and O–H groups in total. The van der Waals surface area contributed by atoms with Crippen molar-refractivity contribution in [2.45, 2.75) is 32.1 Å². The van der Waals surface area contributed by atoms with Gasteiger partial charge in [-0.15, -0.1) is 0 Å². The third-order valence-electron chi connectivity index (χ3n) is 4.82. The molecule has 1 saturated heterocycles. The van der Waals surface area contributed by atoms with Crippen LogP contribution >= 0.6 is 11.6 Å². The predicted molar refractivity (Wildman–Crippen MR) is 108 cm³/mol. The molecular weight excluding hydrogens is 346 g/mol. The van der Waals surface area contributed by atoms with E-state index in [1.54, 1.807) is 0 Å². The van der Waals surface area contributed by atoms with E-state index in [0.29, 0.717) is 5.92 Å². The highest BCUT2D eigenvalue weighted by atomic mass is 35.5. The van der Waals surface area contributed by atoms with Crippen LogP contribution < -0.4 is 5.32 Å². The van der Waals surface area contributed by atoms with Gasteiger partial charge in [0.05, 0.1) is 6.20 Å². The smallest absolute Gasteiger partial charge is 0.193 e. The molecule has 1 fully saturated rings. The van der Waals surface area contributed by atoms with E-state index in [2.05, 4.69) is 40.6 Å². The van der Waals surface area contributed by atoms with Gasteiger partial charge in [0.25, 0.3) is 0 Å². The van der Waals surface area contributed by atoms with E-state index >= 15 is 0 Å². The number of hydrogen-bond acceptors (Lipinski definition) is 2. The van der Waals surface area contributed by atoms with Crippen LogP contribution in [-0.4, -0.2) is 46.8 Å². The van der Waals surface area contributed by atoms with E-state index in [9.17, 15) is 0 Å². The number of benzene rings is 1. The van der Waals surface area contributed by atoms with Crippen LogP contribution in [0.3, 0.4) is 0 Å². The summed E-state index contributed by atoms with van der Waals surface area (Å²) in [5, 5.41) is 8.54. The first-order chi connectivity index (χ1) is 12.7. The lowest BCUT2D eigenvalue weighted by atomic mass is 10.0. The lowest BCUT2D eigenvalue weighted by Crippen LogP contribution is -2.40. The van der Waals surface area contributed by atoms with Crippen LogP contribution in [0.2, 0.25) is 5.02 Å². The second-order valence-electron chi connectivity index (χ2n) is 6.84. The highest BCUT2D eigenvalue weighted by Crippen LogP contribution is 2.26. The number of rotatable bonds is 6. The number of likely N-dealkylation sites (tertiary alicyclic amines) is 1. The van der Waals surface area contributed by atoms with Gasteiger partial charge in [-0.05, 0) is 49.4 Å². The monoisotopic (exact) mass is 373 g/mol. The van der Waals surface area contributed by atoms with Gasteiger partial charge in [0.2, 0.25) is 0 Å². The number of hydrogen-bond donors (Lipinski definition) is 1. The minimum atomic E-state index is 0.543. The van der Waals surface area contributed by atoms with Crippen molar-refractivity contribution in [2.24, 2.45) is 12.0 Å². The Morgan fingerprint density at radius 1 is 1.35 bits per heavy atom. The Kier molecular flexibility index (Phi) is 6.56. The Labute approximate surface area is 161 Å². The summed E-state index contributed by atoms with van der Waals surface area (Å²) in [6, 6.07) is 8.09. The molecule has 0 spiro atoms. The van der Waals surface area contributed by atoms with Crippen LogP contribution in [0.5, 0.6) is 0 Å². The van der Waals surface area contributed by atoms with E-state index < -0.39 is 0 Å². The molecule has 1 aliphatic heterocycles. The number of halogens is 1. The van der Waals surface area contributed by atoms with Crippen molar-refractivity contribution < 1.29 is 0 Å². The Hall–Kier alpha value is -2.01. The molecule has 0 saturated carbocycles. The van der Waals surface area contributed by atoms with Crippen molar-refractivity contribution in [3.63, 3.8) is 0 Å². The molecule has 1 unspecified atom stereocenters. The van der Waals surface area contributed by atoms with E-state index in [1.807, 2.05) is 30.1 Å². The highest BCUT2D eigenvalue weighted by Gasteiger charge is 2.26. The fourth-order valence-corrected chi connectivity index (χ4v) is 3.55. The molecule has 0 bridgehead atoms. The summed E-state index contributed by atoms with van der Waals surface area (Å²) in [7, 11) is 1.97. The average molecular weight is 374 g/mol. The summed E-state index contributed by atoms with van der Waals surface area (Å²) >= 11 is 5.94. The van der Waals surface area contributed by atoms with Gasteiger partial charge in [0.1, 0.15) is 0 Å². The summed E-state index contributed by atoms with van der Waals surface area (Å²) in [5.74, 6) is 1.58. The van der Waals surface area contributed by atoms with Crippen molar-refractivity contribution in [1.82, 2.24) is 20.0 Å². The molecule has 0 radical (unpaired) electrons. The Balaban J connectivity index is 1.53. The molecule has 2 aromatic rings. The summed E-state index contributed by atoms with van der Waals surface area (Å²) in [4.78, 5) is 7.22. The quantitative estimate of drug-likeness (QED) is 0.479. The maximum Gasteiger partial charge on any atom is 0.193 e. The Morgan fingerprint density at radius 3 is 2.85 bits per heavy atom. The zero-order valence-corrected chi connectivity index (χ0v) is 16.4. The first kappa shape index (κ1) is 18.8. The third kappa shape index (κ3) is 5.01. The summed E-state index contributed by atoms with van der Waals surface area (Å²) < 4.78 is 1.88. The van der Waals surface area contributed by atoms with Crippen molar-refractivity contribution >= 4 is 17.6 Å². The number of nitrogens with zero attached hydrogens (tertiary/aromatic N) is 4. The van der Waals surface area contributed by atoms with Crippen LogP contribution in [0.25, 0.3) is 0 Å². The van der Waals surface area contributed by atoms with Gasteiger partial charge < -0.3 is 10.2 Å². The lowest BCUT2D eigenvalue weighted by Gasteiger charge is -2.21. The van der Waals surface area contributed by atoms with E-state index in [4.69, 9.17) is 16.6 Å². The first-order valence-corrected chi connectivity index (χ1v) is 9.79. The number of aryl methyl sites for hydroxylation is 2. The average Bonchev–Trinajstić information content (AvgIpc) is 3.28. The largest absolute Gasteiger partial charge is 0.357 e. The number of guanidine groups is 1. The fourth-order valence-electron chi connectivity index (χ4n) is 3.42. The number of aliphatic imine (C=N–C) groups is 1. The van der Waals surface area contributed by atoms with Crippen LogP contribution in [-0.2, 0) is 13.5 Å². The summed E-state index contributed by atoms with van der Waals surface area (Å²) in [6.45, 7) is 5.90. The van der Waals surface area contributed by atoms with E-state index in [-0.39, 0.29) is 0 Å². The molecule has 140 valence electrons. The maximum absolute atomic E-state index is 5.94. The van der Waals surface area contributed by atoms with Crippen molar-refractivity contribution in [3.05, 3.63) is 52.8 Å². The van der Waals surface area contributed by atoms with Crippen LogP contribution in [0, 0.1) is 0 Å². The molecule has 6 heteroatoms. The highest BCUT2D eigenvalue weighted by molar-refractivity contribution is 6.30. The minimum absolute atomic E-state index is 0.543. The molecule has 5 nitrogen and oxygen atoms in total. The second-order valence-corrected chi connectivity index (χ2v) is 7.28. The molecule has 1 aromatic heterocycles. The Morgan fingerprint density at radius 2 is 2.15 bits per heavy atom. The van der Waals surface area contributed by atoms with Gasteiger partial charge in [-0.25, -0.2) is 0 Å². The minimum Gasteiger partial charge on any atom is -0.357 e. The normalized spacial score (nSPS) is 17.7. The molecule has 0 amide bonds. The van der Waals surface area contributed by atoms with Crippen LogP contribution in [0.15, 0.2) is 41.7 Å². The maximum atomic E-state index is 5.94. The number of nitrogens with one attached hydrogen (secondary N) is 1. The zero-order valence-electron chi connectivity index (χ0n) is 15.7. The summed E-state index contributed by atoms with van der Waals surface area (Å²) in [5.41, 5.74) is 2.64. The standard InChI is InChI=1S/C20H28ClN5/c1-3-22-20(23-11-4-5-16-6-8-19(21)9-7-16)26-12-10-17(15-26)18-13-24-25(2)14-18/h6-9,13-14,17H,3-5,10-12,15H2,1-2H3,(H,22,23). The van der Waals surface area contributed by atoms with Crippen molar-refractivity contribution in [3.8, 4) is 0 Å². The predicted octanol–water partition coefficient (Wildman–Crippen LogP) is 3.46. The van der Waals surface area contributed by atoms with Crippen LogP contribution in [0.4, 0.5) is 0 Å². The molecule has 26 heavy (non-hydrogen) atoms. The van der Waals surface area contributed by atoms with Gasteiger partial charge in [0, 0.05) is 50.4 Å². The first-order valence-electron chi connectivity index (χ1n) is 9.42. The van der Waals surface area contributed by atoms with Crippen molar-refractivity contribution in [2.75, 3.05) is 26.2 Å². The lowest BCUT2D eigenvalue weighted by molar-refractivity contribution is 0.485. The van der Waals surface area contributed by atoms with Gasteiger partial charge >= 0.3 is 0 Å². The van der Waals surface area contributed by atoms with Crippen LogP contribution in [0.1, 0.15) is 36.8 Å². The second kappa shape index (κ2) is 9.08. The SMILES string of the molecule is CCNC(=NCCCc1ccc(Cl)cc1)N1CCC(c2cnn(C)c2)C1.